The smallest absolute Gasteiger partial charge is 0.262 e. The molecule has 0 bridgehead atoms. The molecule has 1 heterocycles. The van der Waals surface area contributed by atoms with Crippen LogP contribution < -0.4 is 11.3 Å². The van der Waals surface area contributed by atoms with Crippen molar-refractivity contribution < 1.29 is 8.42 Å². The van der Waals surface area contributed by atoms with Crippen LogP contribution >= 0.6 is 11.6 Å². The van der Waals surface area contributed by atoms with Crippen molar-refractivity contribution in [3.63, 3.8) is 0 Å². The first-order valence-corrected chi connectivity index (χ1v) is 9.27. The van der Waals surface area contributed by atoms with E-state index in [9.17, 15) is 13.2 Å². The number of sulfone groups is 1. The molecular weight excluding hydrogens is 326 g/mol. The minimum Gasteiger partial charge on any atom is -0.322 e. The summed E-state index contributed by atoms with van der Waals surface area (Å²) in [7, 11) is -3.08. The Bertz CT molecular complexity index is 859. The monoisotopic (exact) mass is 343 g/mol. The van der Waals surface area contributed by atoms with Crippen molar-refractivity contribution in [2.75, 3.05) is 12.0 Å². The van der Waals surface area contributed by atoms with Gasteiger partial charge in [0.2, 0.25) is 0 Å². The SMILES string of the molecule is CC(N)c1nc2cccc(Cl)c2c(=O)n1CCCS(C)(=O)=O. The molecule has 2 aromatic rings. The maximum Gasteiger partial charge on any atom is 0.262 e. The molecule has 0 fully saturated rings. The van der Waals surface area contributed by atoms with Crippen LogP contribution in [0.25, 0.3) is 10.9 Å². The Balaban J connectivity index is 2.55. The van der Waals surface area contributed by atoms with E-state index in [-0.39, 0.29) is 17.9 Å². The fourth-order valence-electron chi connectivity index (χ4n) is 2.29. The zero-order valence-electron chi connectivity index (χ0n) is 12.4. The van der Waals surface area contributed by atoms with Gasteiger partial charge in [0, 0.05) is 12.8 Å². The van der Waals surface area contributed by atoms with Gasteiger partial charge in [0.1, 0.15) is 15.7 Å². The van der Waals surface area contributed by atoms with E-state index in [2.05, 4.69) is 4.98 Å². The van der Waals surface area contributed by atoms with Gasteiger partial charge in [-0.25, -0.2) is 13.4 Å². The standard InChI is InChI=1S/C14H18ClN3O3S/c1-9(16)13-17-11-6-3-5-10(15)12(11)14(19)18(13)7-4-8-22(2,20)21/h3,5-6,9H,4,7-8,16H2,1-2H3. The van der Waals surface area contributed by atoms with Gasteiger partial charge in [-0.05, 0) is 25.5 Å². The number of hydrogen-bond acceptors (Lipinski definition) is 5. The van der Waals surface area contributed by atoms with Crippen LogP contribution in [0.15, 0.2) is 23.0 Å². The molecule has 1 unspecified atom stereocenters. The van der Waals surface area contributed by atoms with E-state index in [0.717, 1.165) is 6.26 Å². The zero-order chi connectivity index (χ0) is 16.5. The number of nitrogens with two attached hydrogens (primary N) is 1. The van der Waals surface area contributed by atoms with Gasteiger partial charge in [-0.2, -0.15) is 0 Å². The van der Waals surface area contributed by atoms with Crippen LogP contribution in [0, 0.1) is 0 Å². The molecule has 2 N–H and O–H groups in total. The van der Waals surface area contributed by atoms with Gasteiger partial charge in [0.25, 0.3) is 5.56 Å². The van der Waals surface area contributed by atoms with Gasteiger partial charge in [0.15, 0.2) is 0 Å². The normalized spacial score (nSPS) is 13.5. The Kier molecular flexibility index (Phi) is 4.89. The molecule has 120 valence electrons. The van der Waals surface area contributed by atoms with Crippen molar-refractivity contribution in [3.05, 3.63) is 39.4 Å². The first kappa shape index (κ1) is 16.9. The minimum absolute atomic E-state index is 0.00160. The molecule has 1 aromatic carbocycles. The van der Waals surface area contributed by atoms with E-state index < -0.39 is 15.9 Å². The summed E-state index contributed by atoms with van der Waals surface area (Å²) < 4.78 is 23.9. The molecular formula is C14H18ClN3O3S. The molecule has 2 rings (SSSR count). The Morgan fingerprint density at radius 2 is 2.09 bits per heavy atom. The maximum atomic E-state index is 12.7. The van der Waals surface area contributed by atoms with Crippen molar-refractivity contribution >= 4 is 32.3 Å². The van der Waals surface area contributed by atoms with E-state index in [1.807, 2.05) is 0 Å². The van der Waals surface area contributed by atoms with Crippen molar-refractivity contribution in [3.8, 4) is 0 Å². The minimum atomic E-state index is -3.08. The Labute approximate surface area is 133 Å². The second kappa shape index (κ2) is 6.36. The molecule has 0 aliphatic rings. The second-order valence-corrected chi connectivity index (χ2v) is 8.00. The first-order chi connectivity index (χ1) is 10.2. The fraction of sp³-hybridized carbons (Fsp3) is 0.429. The Morgan fingerprint density at radius 1 is 1.41 bits per heavy atom. The highest BCUT2D eigenvalue weighted by Crippen LogP contribution is 2.20. The first-order valence-electron chi connectivity index (χ1n) is 6.83. The van der Waals surface area contributed by atoms with Crippen LogP contribution in [0.1, 0.15) is 25.2 Å². The van der Waals surface area contributed by atoms with Crippen molar-refractivity contribution in [1.29, 1.82) is 0 Å². The third-order valence-electron chi connectivity index (χ3n) is 3.27. The topological polar surface area (TPSA) is 95.0 Å². The summed E-state index contributed by atoms with van der Waals surface area (Å²) in [4.78, 5) is 17.1. The summed E-state index contributed by atoms with van der Waals surface area (Å²) in [6, 6.07) is 4.60. The molecule has 0 saturated carbocycles. The van der Waals surface area contributed by atoms with Crippen LogP contribution in [0.3, 0.4) is 0 Å². The third kappa shape index (κ3) is 3.66. The number of benzene rings is 1. The van der Waals surface area contributed by atoms with Gasteiger partial charge < -0.3 is 5.73 Å². The van der Waals surface area contributed by atoms with Gasteiger partial charge >= 0.3 is 0 Å². The number of aromatic nitrogens is 2. The summed E-state index contributed by atoms with van der Waals surface area (Å²) >= 11 is 6.09. The summed E-state index contributed by atoms with van der Waals surface area (Å²) in [5.41, 5.74) is 6.09. The van der Waals surface area contributed by atoms with Crippen LogP contribution in [-0.4, -0.2) is 30.0 Å². The number of hydrogen-bond donors (Lipinski definition) is 1. The highest BCUT2D eigenvalue weighted by molar-refractivity contribution is 7.90. The number of halogens is 1. The van der Waals surface area contributed by atoms with Crippen LogP contribution in [-0.2, 0) is 16.4 Å². The van der Waals surface area contributed by atoms with Gasteiger partial charge in [0.05, 0.1) is 27.7 Å². The van der Waals surface area contributed by atoms with E-state index >= 15 is 0 Å². The predicted octanol–water partition coefficient (Wildman–Crippen LogP) is 1.50. The molecule has 0 saturated heterocycles. The summed E-state index contributed by atoms with van der Waals surface area (Å²) in [6.07, 6.45) is 1.48. The predicted molar refractivity (Wildman–Crippen MR) is 87.9 cm³/mol. The maximum absolute atomic E-state index is 12.7. The van der Waals surface area contributed by atoms with Crippen LogP contribution in [0.4, 0.5) is 0 Å². The fourth-order valence-corrected chi connectivity index (χ4v) is 3.19. The Morgan fingerprint density at radius 3 is 2.68 bits per heavy atom. The van der Waals surface area contributed by atoms with Gasteiger partial charge in [-0.1, -0.05) is 17.7 Å². The van der Waals surface area contributed by atoms with Crippen LogP contribution in [0.5, 0.6) is 0 Å². The van der Waals surface area contributed by atoms with Gasteiger partial charge in [-0.15, -0.1) is 0 Å². The summed E-state index contributed by atoms with van der Waals surface area (Å²) in [6.45, 7) is 1.96. The highest BCUT2D eigenvalue weighted by atomic mass is 35.5. The quantitative estimate of drug-likeness (QED) is 0.887. The molecule has 8 heteroatoms. The van der Waals surface area contributed by atoms with E-state index in [1.165, 1.54) is 4.57 Å². The molecule has 0 radical (unpaired) electrons. The molecule has 1 atom stereocenters. The molecule has 0 aliphatic carbocycles. The zero-order valence-corrected chi connectivity index (χ0v) is 14.0. The lowest BCUT2D eigenvalue weighted by molar-refractivity contribution is 0.560. The average molecular weight is 344 g/mol. The van der Waals surface area contributed by atoms with Crippen LogP contribution in [0.2, 0.25) is 5.02 Å². The van der Waals surface area contributed by atoms with E-state index in [1.54, 1.807) is 25.1 Å². The third-order valence-corrected chi connectivity index (χ3v) is 4.61. The lowest BCUT2D eigenvalue weighted by atomic mass is 10.2. The van der Waals surface area contributed by atoms with Crippen molar-refractivity contribution in [2.24, 2.45) is 5.73 Å². The molecule has 1 aromatic heterocycles. The lowest BCUT2D eigenvalue weighted by Gasteiger charge is -2.16. The second-order valence-electron chi connectivity index (χ2n) is 5.33. The molecule has 0 spiro atoms. The molecule has 22 heavy (non-hydrogen) atoms. The number of fused-ring (bicyclic) bond motifs is 1. The molecule has 0 amide bonds. The van der Waals surface area contributed by atoms with Crippen molar-refractivity contribution in [2.45, 2.75) is 25.9 Å². The van der Waals surface area contributed by atoms with Crippen molar-refractivity contribution in [1.82, 2.24) is 9.55 Å². The van der Waals surface area contributed by atoms with E-state index in [0.29, 0.717) is 28.2 Å². The number of nitrogens with zero attached hydrogens (tertiary/aromatic N) is 2. The average Bonchev–Trinajstić information content (AvgIpc) is 2.39. The lowest BCUT2D eigenvalue weighted by Crippen LogP contribution is -2.29. The largest absolute Gasteiger partial charge is 0.322 e. The van der Waals surface area contributed by atoms with E-state index in [4.69, 9.17) is 17.3 Å². The number of rotatable bonds is 5. The van der Waals surface area contributed by atoms with Gasteiger partial charge in [-0.3, -0.25) is 9.36 Å². The Hall–Kier alpha value is -1.44. The highest BCUT2D eigenvalue weighted by Gasteiger charge is 2.16. The molecule has 0 aliphatic heterocycles. The summed E-state index contributed by atoms with van der Waals surface area (Å²) in [5, 5.41) is 0.649. The summed E-state index contributed by atoms with van der Waals surface area (Å²) in [5.74, 6) is 0.423. The molecule has 6 nitrogen and oxygen atoms in total.